The molecule has 0 saturated heterocycles. The van der Waals surface area contributed by atoms with Gasteiger partial charge in [0.15, 0.2) is 0 Å². The summed E-state index contributed by atoms with van der Waals surface area (Å²) in [6.45, 7) is 2.91. The Morgan fingerprint density at radius 2 is 2.18 bits per heavy atom. The van der Waals surface area contributed by atoms with E-state index in [4.69, 9.17) is 11.6 Å². The number of aromatic nitrogens is 2. The van der Waals surface area contributed by atoms with Crippen LogP contribution >= 0.6 is 23.4 Å². The van der Waals surface area contributed by atoms with E-state index in [-0.39, 0.29) is 0 Å². The number of hydrogen-bond donors (Lipinski definition) is 1. The van der Waals surface area contributed by atoms with Crippen molar-refractivity contribution in [3.8, 4) is 0 Å². The van der Waals surface area contributed by atoms with Gasteiger partial charge in [-0.25, -0.2) is 9.97 Å². The molecule has 0 unspecified atom stereocenters. The van der Waals surface area contributed by atoms with E-state index in [1.807, 2.05) is 18.7 Å². The first kappa shape index (κ1) is 13.0. The molecule has 1 N–H and O–H groups in total. The van der Waals surface area contributed by atoms with Gasteiger partial charge < -0.3 is 5.32 Å². The predicted molar refractivity (Wildman–Crippen MR) is 75.2 cm³/mol. The molecule has 1 aliphatic carbocycles. The number of nitrogens with zero attached hydrogens (tertiary/aromatic N) is 2. The van der Waals surface area contributed by atoms with Crippen molar-refractivity contribution in [2.45, 2.75) is 32.1 Å². The van der Waals surface area contributed by atoms with E-state index in [1.165, 1.54) is 18.6 Å². The molecule has 2 rings (SSSR count). The molecule has 1 aliphatic rings. The van der Waals surface area contributed by atoms with Crippen molar-refractivity contribution in [1.82, 2.24) is 9.97 Å². The van der Waals surface area contributed by atoms with Crippen LogP contribution in [0.15, 0.2) is 0 Å². The first-order chi connectivity index (χ1) is 8.22. The normalized spacial score (nSPS) is 15.0. The van der Waals surface area contributed by atoms with Gasteiger partial charge in [-0.2, -0.15) is 11.8 Å². The molecule has 1 aromatic heterocycles. The quantitative estimate of drug-likeness (QED) is 0.635. The smallest absolute Gasteiger partial charge is 0.137 e. The third-order valence-electron chi connectivity index (χ3n) is 2.86. The van der Waals surface area contributed by atoms with Crippen LogP contribution in [0.1, 0.15) is 36.6 Å². The lowest BCUT2D eigenvalue weighted by atomic mass is 10.3. The molecule has 0 spiro atoms. The first-order valence-electron chi connectivity index (χ1n) is 5.99. The Morgan fingerprint density at radius 3 is 2.82 bits per heavy atom. The van der Waals surface area contributed by atoms with Gasteiger partial charge in [-0.05, 0) is 38.2 Å². The molecule has 94 valence electrons. The van der Waals surface area contributed by atoms with Crippen LogP contribution in [-0.4, -0.2) is 28.5 Å². The highest BCUT2D eigenvalue weighted by atomic mass is 35.5. The maximum atomic E-state index is 6.14. The molecule has 0 aliphatic heterocycles. The number of nitrogens with one attached hydrogen (secondary N) is 1. The predicted octanol–water partition coefficient (Wildman–Crippen LogP) is 3.48. The number of rotatable bonds is 6. The van der Waals surface area contributed by atoms with Gasteiger partial charge in [0.05, 0.1) is 0 Å². The zero-order valence-corrected chi connectivity index (χ0v) is 11.9. The van der Waals surface area contributed by atoms with Gasteiger partial charge in [0.2, 0.25) is 0 Å². The lowest BCUT2D eigenvalue weighted by Gasteiger charge is -2.10. The summed E-state index contributed by atoms with van der Waals surface area (Å²) in [6.07, 6.45) is 5.66. The van der Waals surface area contributed by atoms with Crippen LogP contribution in [0.3, 0.4) is 0 Å². The van der Waals surface area contributed by atoms with Gasteiger partial charge in [-0.1, -0.05) is 11.6 Å². The van der Waals surface area contributed by atoms with E-state index in [9.17, 15) is 0 Å². The van der Waals surface area contributed by atoms with Gasteiger partial charge in [0.1, 0.15) is 16.8 Å². The molecule has 1 aromatic rings. The highest BCUT2D eigenvalue weighted by Crippen LogP contribution is 2.39. The molecule has 0 radical (unpaired) electrons. The van der Waals surface area contributed by atoms with Crippen LogP contribution in [-0.2, 0) is 0 Å². The fourth-order valence-electron chi connectivity index (χ4n) is 1.63. The second-order valence-corrected chi connectivity index (χ2v) is 5.74. The standard InChI is InChI=1S/C12H18ClN3S/c1-8-10(13)15-12(9-4-5-9)16-11(8)14-6-3-7-17-2/h9H,3-7H2,1-2H3,(H,14,15,16). The molecule has 3 nitrogen and oxygen atoms in total. The summed E-state index contributed by atoms with van der Waals surface area (Å²) in [4.78, 5) is 8.93. The van der Waals surface area contributed by atoms with E-state index in [0.717, 1.165) is 30.2 Å². The second-order valence-electron chi connectivity index (χ2n) is 4.39. The minimum absolute atomic E-state index is 0.542. The summed E-state index contributed by atoms with van der Waals surface area (Å²) < 4.78 is 0. The molecular weight excluding hydrogens is 254 g/mol. The summed E-state index contributed by atoms with van der Waals surface area (Å²) >= 11 is 8.00. The van der Waals surface area contributed by atoms with Crippen molar-refractivity contribution in [2.75, 3.05) is 23.9 Å². The second kappa shape index (κ2) is 5.91. The Hall–Kier alpha value is -0.480. The zero-order chi connectivity index (χ0) is 12.3. The monoisotopic (exact) mass is 271 g/mol. The summed E-state index contributed by atoms with van der Waals surface area (Å²) in [5.74, 6) is 3.53. The third kappa shape index (κ3) is 3.49. The Balaban J connectivity index is 2.03. The van der Waals surface area contributed by atoms with Crippen LogP contribution in [0.25, 0.3) is 0 Å². The minimum atomic E-state index is 0.542. The first-order valence-corrected chi connectivity index (χ1v) is 7.76. The molecule has 1 fully saturated rings. The van der Waals surface area contributed by atoms with Crippen molar-refractivity contribution in [3.05, 3.63) is 16.5 Å². The van der Waals surface area contributed by atoms with Crippen molar-refractivity contribution in [1.29, 1.82) is 0 Å². The topological polar surface area (TPSA) is 37.8 Å². The maximum absolute atomic E-state index is 6.14. The van der Waals surface area contributed by atoms with Gasteiger partial charge in [-0.15, -0.1) is 0 Å². The van der Waals surface area contributed by atoms with E-state index < -0.39 is 0 Å². The molecule has 17 heavy (non-hydrogen) atoms. The number of thioether (sulfide) groups is 1. The van der Waals surface area contributed by atoms with Gasteiger partial charge in [0, 0.05) is 18.0 Å². The molecule has 0 aromatic carbocycles. The molecular formula is C12H18ClN3S. The van der Waals surface area contributed by atoms with E-state index in [1.54, 1.807) is 0 Å². The van der Waals surface area contributed by atoms with Crippen molar-refractivity contribution < 1.29 is 0 Å². The van der Waals surface area contributed by atoms with Crippen LogP contribution in [0.4, 0.5) is 5.82 Å². The van der Waals surface area contributed by atoms with Gasteiger partial charge in [-0.3, -0.25) is 0 Å². The molecule has 5 heteroatoms. The Bertz CT molecular complexity index is 394. The molecule has 0 bridgehead atoms. The third-order valence-corrected chi connectivity index (χ3v) is 3.93. The van der Waals surface area contributed by atoms with Crippen LogP contribution in [0.2, 0.25) is 5.15 Å². The van der Waals surface area contributed by atoms with Crippen molar-refractivity contribution >= 4 is 29.2 Å². The SMILES string of the molecule is CSCCCNc1nc(C2CC2)nc(Cl)c1C. The van der Waals surface area contributed by atoms with E-state index in [0.29, 0.717) is 11.1 Å². The Labute approximate surface area is 112 Å². The van der Waals surface area contributed by atoms with Crippen LogP contribution < -0.4 is 5.32 Å². The largest absolute Gasteiger partial charge is 0.370 e. The Morgan fingerprint density at radius 1 is 1.41 bits per heavy atom. The van der Waals surface area contributed by atoms with E-state index >= 15 is 0 Å². The average molecular weight is 272 g/mol. The fraction of sp³-hybridized carbons (Fsp3) is 0.667. The van der Waals surface area contributed by atoms with Crippen molar-refractivity contribution in [3.63, 3.8) is 0 Å². The van der Waals surface area contributed by atoms with E-state index in [2.05, 4.69) is 21.5 Å². The highest BCUT2D eigenvalue weighted by Gasteiger charge is 2.27. The minimum Gasteiger partial charge on any atom is -0.370 e. The van der Waals surface area contributed by atoms with Crippen LogP contribution in [0, 0.1) is 6.92 Å². The zero-order valence-electron chi connectivity index (χ0n) is 10.3. The fourth-order valence-corrected chi connectivity index (χ4v) is 2.23. The van der Waals surface area contributed by atoms with Crippen molar-refractivity contribution in [2.24, 2.45) is 0 Å². The van der Waals surface area contributed by atoms with Gasteiger partial charge >= 0.3 is 0 Å². The number of hydrogen-bond acceptors (Lipinski definition) is 4. The molecule has 1 heterocycles. The number of halogens is 1. The highest BCUT2D eigenvalue weighted by molar-refractivity contribution is 7.98. The Kier molecular flexibility index (Phi) is 4.51. The molecule has 1 saturated carbocycles. The number of anilines is 1. The molecule has 0 amide bonds. The van der Waals surface area contributed by atoms with Gasteiger partial charge in [0.25, 0.3) is 0 Å². The maximum Gasteiger partial charge on any atom is 0.137 e. The lowest BCUT2D eigenvalue weighted by Crippen LogP contribution is -2.08. The summed E-state index contributed by atoms with van der Waals surface area (Å²) in [5.41, 5.74) is 0.959. The summed E-state index contributed by atoms with van der Waals surface area (Å²) in [6, 6.07) is 0. The summed E-state index contributed by atoms with van der Waals surface area (Å²) in [7, 11) is 0. The summed E-state index contributed by atoms with van der Waals surface area (Å²) in [5, 5.41) is 3.95. The average Bonchev–Trinajstić information content (AvgIpc) is 3.13. The lowest BCUT2D eigenvalue weighted by molar-refractivity contribution is 0.902. The molecule has 0 atom stereocenters. The van der Waals surface area contributed by atoms with Crippen LogP contribution in [0.5, 0.6) is 0 Å².